The lowest BCUT2D eigenvalue weighted by molar-refractivity contribution is -0.149. The number of hydrogen-bond donors (Lipinski definition) is 2. The van der Waals surface area contributed by atoms with Gasteiger partial charge in [0.05, 0.1) is 43.2 Å². The maximum Gasteiger partial charge on any atom is 0.245 e. The largest absolute Gasteiger partial charge is 0.399 e. The standard InChI is InChI=1S/C37H64N6O6/c1-12-25(4)34(42(9)37(47)33(24(2)3)39-31(44)23-40(6)7)30(48-10)22-32(45)43-20-15-18-29(43)35(49-11)26(5)36(46)41(8)21-19-27-16-13-14-17-28(27)38/h13-14,16-17,24-26,29-30,33-35H,12,15,18-23,38H2,1-11H3,(H,39,44)/t25?,26?,29-,30?,33?,34?,35?/m0/s1. The van der Waals surface area contributed by atoms with Gasteiger partial charge in [-0.2, -0.15) is 0 Å². The average molecular weight is 689 g/mol. The van der Waals surface area contributed by atoms with E-state index in [9.17, 15) is 19.2 Å². The van der Waals surface area contributed by atoms with E-state index in [-0.39, 0.29) is 54.5 Å². The van der Waals surface area contributed by atoms with Crippen LogP contribution in [-0.2, 0) is 35.1 Å². The molecule has 0 saturated carbocycles. The zero-order valence-corrected chi connectivity index (χ0v) is 31.9. The van der Waals surface area contributed by atoms with Crippen molar-refractivity contribution in [1.82, 2.24) is 24.9 Å². The normalized spacial score (nSPS) is 18.5. The lowest BCUT2D eigenvalue weighted by Crippen LogP contribution is -2.58. The Kier molecular flexibility index (Phi) is 17.0. The summed E-state index contributed by atoms with van der Waals surface area (Å²) in [6.45, 7) is 11.0. The highest BCUT2D eigenvalue weighted by Crippen LogP contribution is 2.30. The zero-order chi connectivity index (χ0) is 37.0. The summed E-state index contributed by atoms with van der Waals surface area (Å²) < 4.78 is 11.9. The number of ether oxygens (including phenoxy) is 2. The highest BCUT2D eigenvalue weighted by Gasteiger charge is 2.43. The summed E-state index contributed by atoms with van der Waals surface area (Å²) in [6.07, 6.45) is 1.91. The van der Waals surface area contributed by atoms with Crippen LogP contribution in [0.3, 0.4) is 0 Å². The summed E-state index contributed by atoms with van der Waals surface area (Å²) in [5.41, 5.74) is 7.81. The van der Waals surface area contributed by atoms with Crippen molar-refractivity contribution in [2.75, 3.05) is 67.8 Å². The van der Waals surface area contributed by atoms with E-state index >= 15 is 0 Å². The number of nitrogens with one attached hydrogen (secondary N) is 1. The maximum atomic E-state index is 14.1. The molecule has 4 amide bonds. The van der Waals surface area contributed by atoms with Gasteiger partial charge < -0.3 is 40.1 Å². The second-order valence-corrected chi connectivity index (χ2v) is 14.3. The summed E-state index contributed by atoms with van der Waals surface area (Å²) in [7, 11) is 10.3. The van der Waals surface area contributed by atoms with E-state index in [1.165, 1.54) is 0 Å². The smallest absolute Gasteiger partial charge is 0.245 e. The van der Waals surface area contributed by atoms with E-state index in [2.05, 4.69) is 12.2 Å². The molecule has 0 bridgehead atoms. The average Bonchev–Trinajstić information content (AvgIpc) is 3.54. The lowest BCUT2D eigenvalue weighted by Gasteiger charge is -2.41. The molecule has 0 radical (unpaired) electrons. The molecule has 3 N–H and O–H groups in total. The molecule has 1 aliphatic heterocycles. The molecule has 0 spiro atoms. The van der Waals surface area contributed by atoms with E-state index in [0.29, 0.717) is 25.2 Å². The van der Waals surface area contributed by atoms with E-state index in [1.807, 2.05) is 56.9 Å². The minimum Gasteiger partial charge on any atom is -0.399 e. The fraction of sp³-hybridized carbons (Fsp3) is 0.730. The van der Waals surface area contributed by atoms with Crippen LogP contribution in [0.5, 0.6) is 0 Å². The summed E-state index contributed by atoms with van der Waals surface area (Å²) in [5.74, 6) is -1.20. The summed E-state index contributed by atoms with van der Waals surface area (Å²) in [4.78, 5) is 61.2. The fourth-order valence-corrected chi connectivity index (χ4v) is 7.04. The molecule has 1 aromatic rings. The van der Waals surface area contributed by atoms with Crippen molar-refractivity contribution in [3.05, 3.63) is 29.8 Å². The Labute approximate surface area is 295 Å². The first-order valence-electron chi connectivity index (χ1n) is 17.7. The minimum absolute atomic E-state index is 0.0116. The van der Waals surface area contributed by atoms with Crippen LogP contribution < -0.4 is 11.1 Å². The first kappa shape index (κ1) is 41.9. The third-order valence-electron chi connectivity index (χ3n) is 10.1. The molecule has 0 aromatic heterocycles. The van der Waals surface area contributed by atoms with Crippen molar-refractivity contribution in [2.45, 2.75) is 97.1 Å². The molecular weight excluding hydrogens is 624 g/mol. The number of nitrogen functional groups attached to an aromatic ring is 1. The van der Waals surface area contributed by atoms with E-state index in [4.69, 9.17) is 15.2 Å². The Morgan fingerprint density at radius 1 is 1.00 bits per heavy atom. The summed E-state index contributed by atoms with van der Waals surface area (Å²) >= 11 is 0. The number of nitrogens with two attached hydrogens (primary N) is 1. The van der Waals surface area contributed by atoms with Crippen LogP contribution in [0, 0.1) is 17.8 Å². The Morgan fingerprint density at radius 3 is 2.20 bits per heavy atom. The van der Waals surface area contributed by atoms with Crippen LogP contribution >= 0.6 is 0 Å². The van der Waals surface area contributed by atoms with Crippen LogP contribution in [0.25, 0.3) is 0 Å². The van der Waals surface area contributed by atoms with Crippen molar-refractivity contribution in [1.29, 1.82) is 0 Å². The van der Waals surface area contributed by atoms with Gasteiger partial charge in [0, 0.05) is 47.1 Å². The highest BCUT2D eigenvalue weighted by atomic mass is 16.5. The number of para-hydroxylation sites is 1. The first-order chi connectivity index (χ1) is 23.1. The van der Waals surface area contributed by atoms with Crippen LogP contribution in [0.2, 0.25) is 0 Å². The molecule has 6 unspecified atom stereocenters. The SMILES string of the molecule is CCC(C)C(C(CC(=O)N1CCC[C@H]1C(OC)C(C)C(=O)N(C)CCc1ccccc1N)OC)N(C)C(=O)C(NC(=O)CN(C)C)C(C)C. The predicted molar refractivity (Wildman–Crippen MR) is 194 cm³/mol. The van der Waals surface area contributed by atoms with Gasteiger partial charge >= 0.3 is 0 Å². The molecule has 12 heteroatoms. The molecule has 7 atom stereocenters. The van der Waals surface area contributed by atoms with Gasteiger partial charge in [0.2, 0.25) is 23.6 Å². The van der Waals surface area contributed by atoms with E-state index < -0.39 is 30.2 Å². The molecule has 49 heavy (non-hydrogen) atoms. The fourth-order valence-electron chi connectivity index (χ4n) is 7.04. The first-order valence-corrected chi connectivity index (χ1v) is 17.7. The van der Waals surface area contributed by atoms with Crippen LogP contribution in [0.15, 0.2) is 24.3 Å². The van der Waals surface area contributed by atoms with Gasteiger partial charge in [0.1, 0.15) is 6.04 Å². The van der Waals surface area contributed by atoms with Crippen molar-refractivity contribution in [3.63, 3.8) is 0 Å². The van der Waals surface area contributed by atoms with Gasteiger partial charge in [-0.15, -0.1) is 0 Å². The number of amides is 4. The Bertz CT molecular complexity index is 1230. The lowest BCUT2D eigenvalue weighted by atomic mass is 9.89. The molecule has 0 aliphatic carbocycles. The quantitative estimate of drug-likeness (QED) is 0.212. The Morgan fingerprint density at radius 2 is 1.65 bits per heavy atom. The second kappa shape index (κ2) is 19.8. The van der Waals surface area contributed by atoms with Crippen molar-refractivity contribution in [3.8, 4) is 0 Å². The molecule has 1 aliphatic rings. The molecule has 12 nitrogen and oxygen atoms in total. The number of carbonyl (C=O) groups excluding carboxylic acids is 4. The number of rotatable bonds is 19. The third kappa shape index (κ3) is 11.4. The molecule has 1 saturated heterocycles. The van der Waals surface area contributed by atoms with Crippen LogP contribution in [0.4, 0.5) is 5.69 Å². The number of benzene rings is 1. The topological polar surface area (TPSA) is 138 Å². The molecule has 1 aromatic carbocycles. The van der Waals surface area contributed by atoms with Crippen molar-refractivity contribution < 1.29 is 28.7 Å². The van der Waals surface area contributed by atoms with E-state index in [1.54, 1.807) is 57.1 Å². The number of likely N-dealkylation sites (N-methyl/N-ethyl adjacent to an activating group) is 3. The number of anilines is 1. The molecular formula is C37H64N6O6. The number of nitrogens with zero attached hydrogens (tertiary/aromatic N) is 4. The van der Waals surface area contributed by atoms with Crippen molar-refractivity contribution in [2.24, 2.45) is 17.8 Å². The number of methoxy groups -OCH3 is 2. The van der Waals surface area contributed by atoms with Gasteiger partial charge in [-0.25, -0.2) is 0 Å². The van der Waals surface area contributed by atoms with Crippen molar-refractivity contribution >= 4 is 29.3 Å². The van der Waals surface area contributed by atoms with Gasteiger partial charge in [-0.05, 0) is 56.8 Å². The van der Waals surface area contributed by atoms with Crippen LogP contribution in [0.1, 0.15) is 65.9 Å². The summed E-state index contributed by atoms with van der Waals surface area (Å²) in [6, 6.07) is 6.25. The molecule has 2 rings (SSSR count). The molecule has 1 heterocycles. The number of likely N-dealkylation sites (tertiary alicyclic amines) is 1. The summed E-state index contributed by atoms with van der Waals surface area (Å²) in [5, 5.41) is 2.92. The Hall–Kier alpha value is -3.22. The number of carbonyl (C=O) groups is 4. The predicted octanol–water partition coefficient (Wildman–Crippen LogP) is 2.89. The molecule has 1 fully saturated rings. The highest BCUT2D eigenvalue weighted by molar-refractivity contribution is 5.89. The monoisotopic (exact) mass is 688 g/mol. The van der Waals surface area contributed by atoms with Gasteiger partial charge in [0.25, 0.3) is 0 Å². The third-order valence-corrected chi connectivity index (χ3v) is 10.1. The zero-order valence-electron chi connectivity index (χ0n) is 31.9. The minimum atomic E-state index is -0.718. The second-order valence-electron chi connectivity index (χ2n) is 14.3. The van der Waals surface area contributed by atoms with Crippen LogP contribution in [-0.4, -0.2) is 136 Å². The van der Waals surface area contributed by atoms with Gasteiger partial charge in [-0.3, -0.25) is 19.2 Å². The Balaban J connectivity index is 2.21. The maximum absolute atomic E-state index is 14.1. The van der Waals surface area contributed by atoms with E-state index in [0.717, 1.165) is 24.8 Å². The molecule has 278 valence electrons. The van der Waals surface area contributed by atoms with Gasteiger partial charge in [0.15, 0.2) is 0 Å². The van der Waals surface area contributed by atoms with Gasteiger partial charge in [-0.1, -0.05) is 59.2 Å². The number of hydrogen-bond acceptors (Lipinski definition) is 8.